The molecular weight excluding hydrogens is 530 g/mol. The summed E-state index contributed by atoms with van der Waals surface area (Å²) < 4.78 is 5.93. The molecule has 2 aromatic heterocycles. The van der Waals surface area contributed by atoms with Gasteiger partial charge >= 0.3 is 5.97 Å². The van der Waals surface area contributed by atoms with Crippen molar-refractivity contribution in [2.24, 2.45) is 10.7 Å². The van der Waals surface area contributed by atoms with E-state index in [1.807, 2.05) is 43.3 Å². The number of ether oxygens (including phenoxy) is 1. The van der Waals surface area contributed by atoms with Crippen LogP contribution in [0.4, 0.5) is 11.5 Å². The van der Waals surface area contributed by atoms with Crippen LogP contribution in [0, 0.1) is 6.92 Å². The molecular formula is C32H43N7O3. The fraction of sp³-hybridized carbons (Fsp3) is 0.438. The number of aliphatic imine (C=N–C) groups is 1. The molecule has 3 aromatic rings. The number of aliphatic carboxylic acids is 1. The predicted molar refractivity (Wildman–Crippen MR) is 168 cm³/mol. The second kappa shape index (κ2) is 15.7. The summed E-state index contributed by atoms with van der Waals surface area (Å²) in [6.07, 6.45) is 7.13. The number of benzene rings is 1. The lowest BCUT2D eigenvalue weighted by Gasteiger charge is -2.23. The fourth-order valence-corrected chi connectivity index (χ4v) is 5.03. The van der Waals surface area contributed by atoms with Gasteiger partial charge in [-0.3, -0.25) is 14.9 Å². The number of carboxylic acids is 1. The molecule has 0 saturated carbocycles. The number of hydrogen-bond acceptors (Lipinski definition) is 8. The topological polar surface area (TPSA) is 138 Å². The number of hydrogen-bond donors (Lipinski definition) is 4. The van der Waals surface area contributed by atoms with Crippen molar-refractivity contribution in [3.05, 3.63) is 77.2 Å². The number of nitrogens with zero attached hydrogens (tertiary/aromatic N) is 4. The number of aryl methyl sites for hydroxylation is 3. The normalized spacial score (nSPS) is 13.7. The molecule has 5 N–H and O–H groups in total. The van der Waals surface area contributed by atoms with Crippen LogP contribution >= 0.6 is 0 Å². The molecule has 1 aromatic carbocycles. The Labute approximate surface area is 248 Å². The minimum atomic E-state index is -0.992. The SMILES string of the molecule is CNc1ccccc1C(N)=N[C@@H](CCN(CCCCc1ccc2c(n1)NCCC2)CCOc1ccc(C)nc1)C(=O)O. The van der Waals surface area contributed by atoms with Gasteiger partial charge in [0.1, 0.15) is 24.0 Å². The number of pyridine rings is 2. The molecule has 0 fully saturated rings. The van der Waals surface area contributed by atoms with Crippen molar-refractivity contribution in [1.29, 1.82) is 0 Å². The van der Waals surface area contributed by atoms with Crippen LogP contribution in [0.25, 0.3) is 0 Å². The van der Waals surface area contributed by atoms with Gasteiger partial charge in [-0.25, -0.2) is 9.78 Å². The van der Waals surface area contributed by atoms with Gasteiger partial charge in [0.05, 0.1) is 6.20 Å². The third kappa shape index (κ3) is 9.17. The Bertz CT molecular complexity index is 1330. The van der Waals surface area contributed by atoms with Crippen molar-refractivity contribution in [3.63, 3.8) is 0 Å². The lowest BCUT2D eigenvalue weighted by Crippen LogP contribution is -2.34. The van der Waals surface area contributed by atoms with E-state index in [-0.39, 0.29) is 5.84 Å². The standard InChI is InChI=1S/C32H43N7O3/c1-23-12-15-26(22-36-23)42-21-20-39(18-6-5-9-25-14-13-24-8-7-17-35-31(24)37-25)19-16-29(32(40)41)38-30(33)27-10-3-4-11-28(27)34-2/h3-4,10-15,22,29,34H,5-9,16-21H2,1-2H3,(H2,33,38)(H,35,37)(H,40,41)/t29-/m0/s1. The molecule has 0 saturated heterocycles. The van der Waals surface area contributed by atoms with Gasteiger partial charge in [0.2, 0.25) is 0 Å². The average molecular weight is 574 g/mol. The first-order valence-corrected chi connectivity index (χ1v) is 14.8. The van der Waals surface area contributed by atoms with Gasteiger partial charge in [-0.2, -0.15) is 0 Å². The second-order valence-electron chi connectivity index (χ2n) is 10.6. The summed E-state index contributed by atoms with van der Waals surface area (Å²) in [5.41, 5.74) is 11.1. The summed E-state index contributed by atoms with van der Waals surface area (Å²) in [5, 5.41) is 16.4. The molecule has 0 amide bonds. The zero-order valence-corrected chi connectivity index (χ0v) is 24.7. The number of anilines is 2. The molecule has 224 valence electrons. The summed E-state index contributed by atoms with van der Waals surface area (Å²) in [5.74, 6) is 0.965. The second-order valence-corrected chi connectivity index (χ2v) is 10.6. The first-order chi connectivity index (χ1) is 20.4. The van der Waals surface area contributed by atoms with Gasteiger partial charge in [-0.15, -0.1) is 0 Å². The van der Waals surface area contributed by atoms with E-state index < -0.39 is 12.0 Å². The van der Waals surface area contributed by atoms with E-state index in [0.717, 1.165) is 73.8 Å². The Hall–Kier alpha value is -4.18. The lowest BCUT2D eigenvalue weighted by atomic mass is 10.1. The predicted octanol–water partition coefficient (Wildman–Crippen LogP) is 4.14. The maximum Gasteiger partial charge on any atom is 0.328 e. The van der Waals surface area contributed by atoms with Gasteiger partial charge in [0.15, 0.2) is 6.04 Å². The van der Waals surface area contributed by atoms with Crippen molar-refractivity contribution in [1.82, 2.24) is 14.9 Å². The molecule has 0 spiro atoms. The van der Waals surface area contributed by atoms with Crippen LogP contribution in [0.5, 0.6) is 5.75 Å². The Kier molecular flexibility index (Phi) is 11.5. The van der Waals surface area contributed by atoms with Crippen LogP contribution in [0.1, 0.15) is 48.2 Å². The van der Waals surface area contributed by atoms with Crippen LogP contribution in [0.2, 0.25) is 0 Å². The fourth-order valence-electron chi connectivity index (χ4n) is 5.03. The molecule has 3 heterocycles. The van der Waals surface area contributed by atoms with Crippen molar-refractivity contribution >= 4 is 23.3 Å². The van der Waals surface area contributed by atoms with Crippen LogP contribution in [0.15, 0.2) is 59.7 Å². The first-order valence-electron chi connectivity index (χ1n) is 14.8. The minimum absolute atomic E-state index is 0.209. The molecule has 10 heteroatoms. The van der Waals surface area contributed by atoms with E-state index in [1.54, 1.807) is 13.2 Å². The van der Waals surface area contributed by atoms with Crippen LogP contribution in [-0.4, -0.2) is 77.7 Å². The number of aromatic nitrogens is 2. The molecule has 0 radical (unpaired) electrons. The molecule has 1 aliphatic rings. The Morgan fingerprint density at radius 2 is 2.02 bits per heavy atom. The van der Waals surface area contributed by atoms with Crippen molar-refractivity contribution in [2.75, 3.05) is 50.5 Å². The van der Waals surface area contributed by atoms with Crippen molar-refractivity contribution < 1.29 is 14.6 Å². The van der Waals surface area contributed by atoms with Gasteiger partial charge < -0.3 is 26.2 Å². The van der Waals surface area contributed by atoms with E-state index in [1.165, 1.54) is 5.56 Å². The van der Waals surface area contributed by atoms with E-state index in [2.05, 4.69) is 37.6 Å². The highest BCUT2D eigenvalue weighted by molar-refractivity contribution is 6.03. The monoisotopic (exact) mass is 573 g/mol. The van der Waals surface area contributed by atoms with Crippen molar-refractivity contribution in [2.45, 2.75) is 51.5 Å². The number of amidine groups is 1. The van der Waals surface area contributed by atoms with Gasteiger partial charge in [-0.05, 0) is 87.9 Å². The highest BCUT2D eigenvalue weighted by Gasteiger charge is 2.20. The summed E-state index contributed by atoms with van der Waals surface area (Å²) in [7, 11) is 1.80. The molecule has 0 bridgehead atoms. The highest BCUT2D eigenvalue weighted by Crippen LogP contribution is 2.20. The van der Waals surface area contributed by atoms with Crippen LogP contribution < -0.4 is 21.1 Å². The maximum absolute atomic E-state index is 12.1. The summed E-state index contributed by atoms with van der Waals surface area (Å²) >= 11 is 0. The number of nitrogens with one attached hydrogen (secondary N) is 2. The number of fused-ring (bicyclic) bond motifs is 1. The number of nitrogens with two attached hydrogens (primary N) is 1. The molecule has 0 unspecified atom stereocenters. The Morgan fingerprint density at radius 1 is 1.17 bits per heavy atom. The van der Waals surface area contributed by atoms with Gasteiger partial charge in [0.25, 0.3) is 0 Å². The first kappa shape index (κ1) is 30.8. The Balaban J connectivity index is 1.35. The molecule has 10 nitrogen and oxygen atoms in total. The van der Waals surface area contributed by atoms with E-state index in [0.29, 0.717) is 31.7 Å². The third-order valence-electron chi connectivity index (χ3n) is 7.44. The molecule has 0 aliphatic carbocycles. The number of para-hydroxylation sites is 1. The summed E-state index contributed by atoms with van der Waals surface area (Å²) in [6.45, 7) is 5.41. The van der Waals surface area contributed by atoms with Crippen molar-refractivity contribution in [3.8, 4) is 5.75 Å². The number of rotatable bonds is 16. The molecule has 1 aliphatic heterocycles. The molecule has 1 atom stereocenters. The zero-order chi connectivity index (χ0) is 29.7. The summed E-state index contributed by atoms with van der Waals surface area (Å²) in [6, 6.07) is 14.7. The van der Waals surface area contributed by atoms with Gasteiger partial charge in [0, 0.05) is 49.3 Å². The smallest absolute Gasteiger partial charge is 0.328 e. The van der Waals surface area contributed by atoms with E-state index in [9.17, 15) is 9.90 Å². The quantitative estimate of drug-likeness (QED) is 0.113. The van der Waals surface area contributed by atoms with Crippen LogP contribution in [0.3, 0.4) is 0 Å². The maximum atomic E-state index is 12.1. The number of carbonyl (C=O) groups is 1. The van der Waals surface area contributed by atoms with E-state index >= 15 is 0 Å². The summed E-state index contributed by atoms with van der Waals surface area (Å²) in [4.78, 5) is 27.9. The zero-order valence-electron chi connectivity index (χ0n) is 24.7. The minimum Gasteiger partial charge on any atom is -0.491 e. The van der Waals surface area contributed by atoms with Crippen LogP contribution in [-0.2, 0) is 17.6 Å². The number of unbranched alkanes of at least 4 members (excludes halogenated alkanes) is 1. The van der Waals surface area contributed by atoms with E-state index in [4.69, 9.17) is 15.5 Å². The lowest BCUT2D eigenvalue weighted by molar-refractivity contribution is -0.138. The highest BCUT2D eigenvalue weighted by atomic mass is 16.5. The third-order valence-corrected chi connectivity index (χ3v) is 7.44. The largest absolute Gasteiger partial charge is 0.491 e. The number of carboxylic acid groups (broad SMARTS) is 1. The van der Waals surface area contributed by atoms with Gasteiger partial charge in [-0.1, -0.05) is 18.2 Å². The Morgan fingerprint density at radius 3 is 2.81 bits per heavy atom. The molecule has 42 heavy (non-hydrogen) atoms. The average Bonchev–Trinajstić information content (AvgIpc) is 3.01. The molecule has 4 rings (SSSR count).